The fourth-order valence-corrected chi connectivity index (χ4v) is 2.81. The molecule has 6 heteroatoms. The average molecular weight is 334 g/mol. The average Bonchev–Trinajstić information content (AvgIpc) is 3.00. The smallest absolute Gasteiger partial charge is 0.356 e. The Bertz CT molecular complexity index is 628. The summed E-state index contributed by atoms with van der Waals surface area (Å²) < 4.78 is 10.6. The molecule has 0 saturated heterocycles. The van der Waals surface area contributed by atoms with Crippen molar-refractivity contribution in [2.75, 3.05) is 19.0 Å². The number of carbonyl (C=O) groups excluding carboxylic acids is 1. The van der Waals surface area contributed by atoms with Gasteiger partial charge < -0.3 is 14.5 Å². The molecule has 0 bridgehead atoms. The number of aryl methyl sites for hydroxylation is 1. The number of hydrogen-bond donors (Lipinski definition) is 1. The highest BCUT2D eigenvalue weighted by atomic mass is 32.2. The standard InChI is InChI=1S/C17H22N2O3S/c1-3-21-16(20)15-12-18-17(19-15)23-10-5-4-9-22-14-8-6-7-13(2)11-14/h6-8,11-12H,3-5,9-10H2,1-2H3,(H,18,19). The molecule has 2 aromatic rings. The Hall–Kier alpha value is -1.95. The van der Waals surface area contributed by atoms with Gasteiger partial charge in [0.15, 0.2) is 5.16 Å². The molecule has 5 nitrogen and oxygen atoms in total. The summed E-state index contributed by atoms with van der Waals surface area (Å²) in [5.74, 6) is 1.48. The van der Waals surface area contributed by atoms with Crippen LogP contribution in [0.5, 0.6) is 5.75 Å². The van der Waals surface area contributed by atoms with Crippen LogP contribution in [0, 0.1) is 6.92 Å². The lowest BCUT2D eigenvalue weighted by atomic mass is 10.2. The Kier molecular flexibility index (Phi) is 7.00. The number of nitrogens with one attached hydrogen (secondary N) is 1. The molecule has 2 rings (SSSR count). The second-order valence-corrected chi connectivity index (χ2v) is 6.13. The summed E-state index contributed by atoms with van der Waals surface area (Å²) >= 11 is 1.60. The van der Waals surface area contributed by atoms with Gasteiger partial charge in [0.25, 0.3) is 0 Å². The number of esters is 1. The monoisotopic (exact) mass is 334 g/mol. The number of imidazole rings is 1. The van der Waals surface area contributed by atoms with Gasteiger partial charge in [-0.1, -0.05) is 23.9 Å². The number of nitrogens with zero attached hydrogens (tertiary/aromatic N) is 1. The van der Waals surface area contributed by atoms with Crippen molar-refractivity contribution in [2.45, 2.75) is 31.8 Å². The SMILES string of the molecule is CCOC(=O)c1cnc(SCCCCOc2cccc(C)c2)[nH]1. The van der Waals surface area contributed by atoms with E-state index in [4.69, 9.17) is 9.47 Å². The minimum Gasteiger partial charge on any atom is -0.494 e. The molecule has 0 spiro atoms. The van der Waals surface area contributed by atoms with E-state index in [0.29, 0.717) is 18.9 Å². The van der Waals surface area contributed by atoms with E-state index in [2.05, 4.69) is 23.0 Å². The number of ether oxygens (including phenoxy) is 2. The first-order chi connectivity index (χ1) is 11.2. The van der Waals surface area contributed by atoms with E-state index in [1.165, 1.54) is 11.8 Å². The van der Waals surface area contributed by atoms with Gasteiger partial charge in [-0.25, -0.2) is 9.78 Å². The van der Waals surface area contributed by atoms with Crippen LogP contribution in [-0.4, -0.2) is 34.9 Å². The van der Waals surface area contributed by atoms with Crippen molar-refractivity contribution in [2.24, 2.45) is 0 Å². The van der Waals surface area contributed by atoms with Crippen molar-refractivity contribution in [1.82, 2.24) is 9.97 Å². The number of aromatic amines is 1. The molecule has 1 aromatic heterocycles. The van der Waals surface area contributed by atoms with Gasteiger partial charge in [0, 0.05) is 5.75 Å². The minimum atomic E-state index is -0.363. The number of aromatic nitrogens is 2. The Labute approximate surface area is 140 Å². The van der Waals surface area contributed by atoms with Crippen LogP contribution in [0.1, 0.15) is 35.8 Å². The molecule has 0 aliphatic carbocycles. The molecule has 124 valence electrons. The third kappa shape index (κ3) is 5.98. The summed E-state index contributed by atoms with van der Waals surface area (Å²) in [7, 11) is 0. The molecule has 1 heterocycles. The lowest BCUT2D eigenvalue weighted by Gasteiger charge is -2.06. The second-order valence-electron chi connectivity index (χ2n) is 5.04. The molecule has 0 saturated carbocycles. The number of hydrogen-bond acceptors (Lipinski definition) is 5. The maximum atomic E-state index is 11.5. The van der Waals surface area contributed by atoms with Gasteiger partial charge in [0.05, 0.1) is 19.4 Å². The summed E-state index contributed by atoms with van der Waals surface area (Å²) in [6.45, 7) is 4.90. The first kappa shape index (κ1) is 17.4. The molecule has 0 amide bonds. The van der Waals surface area contributed by atoms with Gasteiger partial charge >= 0.3 is 5.97 Å². The fraction of sp³-hybridized carbons (Fsp3) is 0.412. The molecule has 23 heavy (non-hydrogen) atoms. The molecule has 0 aliphatic heterocycles. The Morgan fingerprint density at radius 1 is 1.35 bits per heavy atom. The normalized spacial score (nSPS) is 10.5. The van der Waals surface area contributed by atoms with Crippen molar-refractivity contribution in [3.63, 3.8) is 0 Å². The quantitative estimate of drug-likeness (QED) is 0.429. The van der Waals surface area contributed by atoms with E-state index in [-0.39, 0.29) is 5.97 Å². The molecule has 0 atom stereocenters. The highest BCUT2D eigenvalue weighted by molar-refractivity contribution is 7.99. The van der Waals surface area contributed by atoms with Crippen LogP contribution in [0.3, 0.4) is 0 Å². The van der Waals surface area contributed by atoms with Gasteiger partial charge in [0.1, 0.15) is 11.4 Å². The maximum Gasteiger partial charge on any atom is 0.356 e. The van der Waals surface area contributed by atoms with Crippen LogP contribution in [0.4, 0.5) is 0 Å². The van der Waals surface area contributed by atoms with Crippen molar-refractivity contribution < 1.29 is 14.3 Å². The lowest BCUT2D eigenvalue weighted by Crippen LogP contribution is -2.04. The van der Waals surface area contributed by atoms with Gasteiger partial charge in [-0.3, -0.25) is 0 Å². The molecular weight excluding hydrogens is 312 g/mol. The molecule has 1 aromatic carbocycles. The Morgan fingerprint density at radius 3 is 3.00 bits per heavy atom. The fourth-order valence-electron chi connectivity index (χ4n) is 1.96. The minimum absolute atomic E-state index is 0.362. The van der Waals surface area contributed by atoms with Crippen LogP contribution >= 0.6 is 11.8 Å². The Morgan fingerprint density at radius 2 is 2.22 bits per heavy atom. The highest BCUT2D eigenvalue weighted by Gasteiger charge is 2.10. The molecular formula is C17H22N2O3S. The van der Waals surface area contributed by atoms with Crippen LogP contribution in [-0.2, 0) is 4.74 Å². The van der Waals surface area contributed by atoms with Crippen LogP contribution in [0.2, 0.25) is 0 Å². The number of benzene rings is 1. The van der Waals surface area contributed by atoms with E-state index in [0.717, 1.165) is 29.5 Å². The maximum absolute atomic E-state index is 11.5. The molecule has 0 aliphatic rings. The van der Waals surface area contributed by atoms with E-state index >= 15 is 0 Å². The number of H-pyrrole nitrogens is 1. The second kappa shape index (κ2) is 9.25. The zero-order valence-corrected chi connectivity index (χ0v) is 14.3. The summed E-state index contributed by atoms with van der Waals surface area (Å²) in [5.41, 5.74) is 1.60. The largest absolute Gasteiger partial charge is 0.494 e. The van der Waals surface area contributed by atoms with Crippen molar-refractivity contribution >= 4 is 17.7 Å². The van der Waals surface area contributed by atoms with Gasteiger partial charge in [-0.05, 0) is 44.4 Å². The van der Waals surface area contributed by atoms with Gasteiger partial charge in [0.2, 0.25) is 0 Å². The molecule has 0 unspecified atom stereocenters. The Balaban J connectivity index is 1.61. The van der Waals surface area contributed by atoms with Crippen LogP contribution in [0.25, 0.3) is 0 Å². The summed E-state index contributed by atoms with van der Waals surface area (Å²) in [6, 6.07) is 8.06. The van der Waals surface area contributed by atoms with Crippen molar-refractivity contribution in [3.8, 4) is 5.75 Å². The third-order valence-corrected chi connectivity index (χ3v) is 4.06. The molecule has 0 radical (unpaired) electrons. The predicted molar refractivity (Wildman–Crippen MR) is 91.2 cm³/mol. The van der Waals surface area contributed by atoms with Gasteiger partial charge in [-0.15, -0.1) is 0 Å². The third-order valence-electron chi connectivity index (χ3n) is 3.08. The zero-order valence-electron chi connectivity index (χ0n) is 13.5. The zero-order chi connectivity index (χ0) is 16.5. The number of unbranched alkanes of at least 4 members (excludes halogenated alkanes) is 1. The van der Waals surface area contributed by atoms with Crippen LogP contribution < -0.4 is 4.74 Å². The van der Waals surface area contributed by atoms with E-state index < -0.39 is 0 Å². The number of rotatable bonds is 9. The van der Waals surface area contributed by atoms with E-state index in [1.54, 1.807) is 18.7 Å². The highest BCUT2D eigenvalue weighted by Crippen LogP contribution is 2.17. The summed E-state index contributed by atoms with van der Waals surface area (Å²) in [5, 5.41) is 0.743. The van der Waals surface area contributed by atoms with Crippen molar-refractivity contribution in [1.29, 1.82) is 0 Å². The van der Waals surface area contributed by atoms with E-state index in [1.807, 2.05) is 18.2 Å². The van der Waals surface area contributed by atoms with E-state index in [9.17, 15) is 4.79 Å². The summed E-state index contributed by atoms with van der Waals surface area (Å²) in [4.78, 5) is 18.6. The number of carbonyl (C=O) groups is 1. The molecule has 0 fully saturated rings. The van der Waals surface area contributed by atoms with Crippen molar-refractivity contribution in [3.05, 3.63) is 41.7 Å². The predicted octanol–water partition coefficient (Wildman–Crippen LogP) is 3.85. The lowest BCUT2D eigenvalue weighted by molar-refractivity contribution is 0.0519. The van der Waals surface area contributed by atoms with Gasteiger partial charge in [-0.2, -0.15) is 0 Å². The topological polar surface area (TPSA) is 64.2 Å². The number of thioether (sulfide) groups is 1. The summed E-state index contributed by atoms with van der Waals surface area (Å²) in [6.07, 6.45) is 3.51. The first-order valence-corrected chi connectivity index (χ1v) is 8.72. The van der Waals surface area contributed by atoms with Crippen LogP contribution in [0.15, 0.2) is 35.6 Å². The first-order valence-electron chi connectivity index (χ1n) is 7.73. The molecule has 1 N–H and O–H groups in total.